The molecular weight excluding hydrogens is 300 g/mol. The molecule has 0 fully saturated rings. The van der Waals surface area contributed by atoms with Gasteiger partial charge < -0.3 is 14.8 Å². The van der Waals surface area contributed by atoms with Gasteiger partial charge in [0.05, 0.1) is 0 Å². The third-order valence-electron chi connectivity index (χ3n) is 6.01. The number of rotatable bonds is 3. The molecule has 3 nitrogen and oxygen atoms in total. The SMILES string of the molecule is Bc1c(B)c(B)c(Oc2c(B)c(B)c(B(O)O)c(B)c2B)c(B)c1B. The van der Waals surface area contributed by atoms with Gasteiger partial charge in [-0.15, -0.1) is 5.46 Å². The first-order valence-corrected chi connectivity index (χ1v) is 8.71. The van der Waals surface area contributed by atoms with Crippen LogP contribution in [-0.2, 0) is 0 Å². The highest BCUT2D eigenvalue weighted by molar-refractivity contribution is 6.75. The van der Waals surface area contributed by atoms with Gasteiger partial charge in [-0.05, 0) is 5.46 Å². The van der Waals surface area contributed by atoms with Gasteiger partial charge >= 0.3 is 7.12 Å². The van der Waals surface area contributed by atoms with E-state index in [2.05, 4.69) is 39.2 Å². The Morgan fingerprint density at radius 3 is 1.08 bits per heavy atom. The smallest absolute Gasteiger partial charge is 0.460 e. The minimum absolute atomic E-state index is 0.576. The van der Waals surface area contributed by atoms with E-state index in [4.69, 9.17) is 4.74 Å². The molecule has 0 aliphatic rings. The Labute approximate surface area is 158 Å². The molecule has 2 aromatic rings. The van der Waals surface area contributed by atoms with Crippen LogP contribution in [0.15, 0.2) is 0 Å². The minimum atomic E-state index is -1.47. The van der Waals surface area contributed by atoms with Gasteiger partial charge in [0.2, 0.25) is 0 Å². The van der Waals surface area contributed by atoms with Crippen LogP contribution in [0.2, 0.25) is 0 Å². The predicted molar refractivity (Wildman–Crippen MR) is 136 cm³/mol. The van der Waals surface area contributed by atoms with Crippen LogP contribution in [0.3, 0.4) is 0 Å². The van der Waals surface area contributed by atoms with Crippen LogP contribution in [0.4, 0.5) is 0 Å². The zero-order valence-electron chi connectivity index (χ0n) is 16.9. The van der Waals surface area contributed by atoms with Crippen LogP contribution in [-0.4, -0.2) is 87.8 Å². The summed E-state index contributed by atoms with van der Waals surface area (Å²) < 4.78 is 6.45. The van der Waals surface area contributed by atoms with Crippen LogP contribution in [0.25, 0.3) is 0 Å². The van der Waals surface area contributed by atoms with E-state index >= 15 is 0 Å². The molecule has 0 spiro atoms. The maximum Gasteiger partial charge on any atom is 0.487 e. The summed E-state index contributed by atoms with van der Waals surface area (Å²) in [7, 11) is 16.9. The maximum atomic E-state index is 9.72. The van der Waals surface area contributed by atoms with Crippen molar-refractivity contribution in [2.24, 2.45) is 0 Å². The standard InChI is InChI=1S/C12H20B10O3/c13-1-2(14)6(18)11(7(19)3(1)15)25-12-8(20)4(16)10(22(23)24)5(17)9(12)21/h23-24H,13-21H2. The van der Waals surface area contributed by atoms with E-state index in [0.29, 0.717) is 5.46 Å². The van der Waals surface area contributed by atoms with Crippen molar-refractivity contribution in [3.8, 4) is 11.5 Å². The Bertz CT molecular complexity index is 809. The van der Waals surface area contributed by atoms with Crippen molar-refractivity contribution < 1.29 is 14.8 Å². The van der Waals surface area contributed by atoms with Crippen molar-refractivity contribution in [1.29, 1.82) is 0 Å². The van der Waals surface area contributed by atoms with Gasteiger partial charge in [0, 0.05) is 0 Å². The molecule has 13 heteroatoms. The summed E-state index contributed by atoms with van der Waals surface area (Å²) >= 11 is 0. The van der Waals surface area contributed by atoms with Crippen LogP contribution < -0.4 is 59.4 Å². The molecule has 0 bridgehead atoms. The first-order valence-electron chi connectivity index (χ1n) is 8.71. The highest BCUT2D eigenvalue weighted by Gasteiger charge is 2.23. The van der Waals surface area contributed by atoms with Crippen LogP contribution in [0.1, 0.15) is 0 Å². The van der Waals surface area contributed by atoms with E-state index < -0.39 is 7.12 Å². The summed E-state index contributed by atoms with van der Waals surface area (Å²) in [6.45, 7) is 0. The molecule has 25 heavy (non-hydrogen) atoms. The first-order chi connectivity index (χ1) is 11.5. The van der Waals surface area contributed by atoms with Gasteiger partial charge in [0.1, 0.15) is 82.1 Å². The van der Waals surface area contributed by atoms with E-state index in [1.54, 1.807) is 0 Å². The zero-order chi connectivity index (χ0) is 19.2. The second-order valence-electron chi connectivity index (χ2n) is 7.17. The van der Waals surface area contributed by atoms with Crippen molar-refractivity contribution in [3.63, 3.8) is 0 Å². The van der Waals surface area contributed by atoms with Crippen molar-refractivity contribution in [3.05, 3.63) is 0 Å². The lowest BCUT2D eigenvalue weighted by Crippen LogP contribution is -2.61. The fourth-order valence-electron chi connectivity index (χ4n) is 3.57. The molecule has 0 unspecified atom stereocenters. The minimum Gasteiger partial charge on any atom is -0.460 e. The van der Waals surface area contributed by atoms with Crippen molar-refractivity contribution in [2.45, 2.75) is 0 Å². The number of hydrogen-bond donors (Lipinski definition) is 2. The Kier molecular flexibility index (Phi) is 5.80. The molecule has 0 aliphatic heterocycles. The fourth-order valence-corrected chi connectivity index (χ4v) is 3.57. The Morgan fingerprint density at radius 2 is 0.760 bits per heavy atom. The second kappa shape index (κ2) is 7.20. The van der Waals surface area contributed by atoms with Gasteiger partial charge in [0.25, 0.3) is 0 Å². The number of hydrogen-bond acceptors (Lipinski definition) is 3. The molecule has 0 radical (unpaired) electrons. The van der Waals surface area contributed by atoms with Gasteiger partial charge in [-0.2, -0.15) is 0 Å². The Morgan fingerprint density at radius 1 is 0.480 bits per heavy atom. The average molecular weight is 320 g/mol. The third kappa shape index (κ3) is 3.29. The summed E-state index contributed by atoms with van der Waals surface area (Å²) in [4.78, 5) is 0. The number of benzene rings is 2. The summed E-state index contributed by atoms with van der Waals surface area (Å²) in [6.07, 6.45) is 0. The quantitative estimate of drug-likeness (QED) is 0.552. The van der Waals surface area contributed by atoms with Crippen LogP contribution in [0.5, 0.6) is 11.5 Å². The van der Waals surface area contributed by atoms with Crippen LogP contribution in [0, 0.1) is 0 Å². The van der Waals surface area contributed by atoms with E-state index in [1.807, 2.05) is 31.4 Å². The molecule has 0 aromatic heterocycles. The largest absolute Gasteiger partial charge is 0.487 e. The van der Waals surface area contributed by atoms with E-state index in [-0.39, 0.29) is 0 Å². The van der Waals surface area contributed by atoms with Gasteiger partial charge in [-0.1, -0.05) is 43.7 Å². The van der Waals surface area contributed by atoms with E-state index in [0.717, 1.165) is 44.3 Å². The average Bonchev–Trinajstić information content (AvgIpc) is 2.55. The van der Waals surface area contributed by atoms with Gasteiger partial charge in [-0.3, -0.25) is 0 Å². The van der Waals surface area contributed by atoms with Crippen molar-refractivity contribution >= 4 is 132 Å². The predicted octanol–water partition coefficient (Wildman–Crippen LogP) is -14.5. The molecule has 2 N–H and O–H groups in total. The third-order valence-corrected chi connectivity index (χ3v) is 6.01. The highest BCUT2D eigenvalue weighted by atomic mass is 16.5. The maximum absolute atomic E-state index is 9.72. The summed E-state index contributed by atoms with van der Waals surface area (Å²) in [5.41, 5.74) is 10.3. The van der Waals surface area contributed by atoms with Crippen LogP contribution >= 0.6 is 0 Å². The molecule has 2 rings (SSSR count). The molecule has 0 heterocycles. The van der Waals surface area contributed by atoms with E-state index in [9.17, 15) is 10.0 Å². The topological polar surface area (TPSA) is 49.7 Å². The Hall–Kier alpha value is -1.19. The Balaban J connectivity index is 2.72. The molecule has 116 valence electrons. The molecule has 0 aliphatic carbocycles. The molecule has 0 amide bonds. The molecule has 0 saturated heterocycles. The monoisotopic (exact) mass is 322 g/mol. The molecular formula is C12H20B10O3. The highest BCUT2D eigenvalue weighted by Crippen LogP contribution is 2.09. The zero-order valence-corrected chi connectivity index (χ0v) is 16.9. The first kappa shape index (κ1) is 20.1. The lowest BCUT2D eigenvalue weighted by atomic mass is 9.58. The molecule has 0 atom stereocenters. The van der Waals surface area contributed by atoms with Crippen molar-refractivity contribution in [2.75, 3.05) is 0 Å². The molecule has 2 aromatic carbocycles. The van der Waals surface area contributed by atoms with Crippen molar-refractivity contribution in [1.82, 2.24) is 0 Å². The van der Waals surface area contributed by atoms with E-state index in [1.165, 1.54) is 16.4 Å². The summed E-state index contributed by atoms with van der Waals surface area (Å²) in [5, 5.41) is 19.4. The summed E-state index contributed by atoms with van der Waals surface area (Å²) in [6, 6.07) is 0. The van der Waals surface area contributed by atoms with Gasteiger partial charge in [-0.25, -0.2) is 0 Å². The lowest BCUT2D eigenvalue weighted by Gasteiger charge is -2.25. The lowest BCUT2D eigenvalue weighted by molar-refractivity contribution is 0.426. The number of ether oxygens (including phenoxy) is 1. The molecule has 0 saturated carbocycles. The van der Waals surface area contributed by atoms with Gasteiger partial charge in [0.15, 0.2) is 0 Å². The summed E-state index contributed by atoms with van der Waals surface area (Å²) in [5.74, 6) is 1.72. The second-order valence-corrected chi connectivity index (χ2v) is 7.17. The normalized spacial score (nSPS) is 10.6. The fraction of sp³-hybridized carbons (Fsp3) is 0.